The first-order chi connectivity index (χ1) is 11.3. The van der Waals surface area contributed by atoms with Crippen LogP contribution in [0.15, 0.2) is 62.0 Å². The van der Waals surface area contributed by atoms with Crippen molar-refractivity contribution in [3.05, 3.63) is 74.8 Å². The van der Waals surface area contributed by atoms with Gasteiger partial charge >= 0.3 is 142 Å². The van der Waals surface area contributed by atoms with Crippen LogP contribution in [-0.2, 0) is 4.74 Å². The predicted octanol–water partition coefficient (Wildman–Crippen LogP) is 0.00480. The molecule has 0 N–H and O–H groups in total. The van der Waals surface area contributed by atoms with Gasteiger partial charge in [-0.3, -0.25) is 0 Å². The minimum atomic E-state index is -0.528. The van der Waals surface area contributed by atoms with E-state index >= 15 is 0 Å². The number of rotatable bonds is 2. The van der Waals surface area contributed by atoms with Crippen LogP contribution in [0.3, 0.4) is 0 Å². The van der Waals surface area contributed by atoms with E-state index in [4.69, 9.17) is 14.1 Å². The molecule has 1 aliphatic heterocycles. The van der Waals surface area contributed by atoms with Crippen LogP contribution in [0.2, 0.25) is 0 Å². The van der Waals surface area contributed by atoms with E-state index in [1.807, 2.05) is 30.3 Å². The minimum absolute atomic E-state index is 0.306. The maximum absolute atomic E-state index is 13.7. The monoisotopic (exact) mass is 420 g/mol. The third-order valence-electron chi connectivity index (χ3n) is 3.54. The number of benzene rings is 2. The Bertz CT molecular complexity index is 1040. The van der Waals surface area contributed by atoms with Crippen molar-refractivity contribution in [1.82, 2.24) is 0 Å². The molecule has 3 aromatic rings. The summed E-state index contributed by atoms with van der Waals surface area (Å²) in [6, 6.07) is 14.4. The molecule has 0 saturated carbocycles. The molecular weight excluding hydrogens is 408 g/mol. The summed E-state index contributed by atoms with van der Waals surface area (Å²) in [6.07, 6.45) is 0. The van der Waals surface area contributed by atoms with Gasteiger partial charge in [0.1, 0.15) is 0 Å². The van der Waals surface area contributed by atoms with E-state index in [0.29, 0.717) is 21.7 Å². The molecule has 116 valence electrons. The SMILES string of the molecule is COC1=c2oc3ccc(F)cc3c2=NC(c2ccccc2)=C[I-]1. The number of furan rings is 1. The predicted molar refractivity (Wildman–Crippen MR) is 81.8 cm³/mol. The van der Waals surface area contributed by atoms with Crippen LogP contribution in [0.1, 0.15) is 5.56 Å². The van der Waals surface area contributed by atoms with Crippen LogP contribution in [0.25, 0.3) is 20.4 Å². The molecular formula is C18H12FINO2-. The molecule has 0 spiro atoms. The van der Waals surface area contributed by atoms with Crippen molar-refractivity contribution in [3.8, 4) is 0 Å². The van der Waals surface area contributed by atoms with E-state index < -0.39 is 21.2 Å². The second kappa shape index (κ2) is 5.81. The summed E-state index contributed by atoms with van der Waals surface area (Å²) in [4.78, 5) is 4.76. The summed E-state index contributed by atoms with van der Waals surface area (Å²) in [5.41, 5.74) is 3.14. The molecule has 5 heteroatoms. The van der Waals surface area contributed by atoms with Gasteiger partial charge in [-0.1, -0.05) is 0 Å². The zero-order chi connectivity index (χ0) is 15.8. The van der Waals surface area contributed by atoms with Crippen LogP contribution in [0.4, 0.5) is 4.39 Å². The second-order valence-corrected chi connectivity index (χ2v) is 7.20. The molecule has 1 aliphatic rings. The van der Waals surface area contributed by atoms with Crippen molar-refractivity contribution in [2.45, 2.75) is 0 Å². The first-order valence-corrected chi connectivity index (χ1v) is 9.33. The van der Waals surface area contributed by atoms with Gasteiger partial charge in [0.2, 0.25) is 0 Å². The number of nitrogens with zero attached hydrogens (tertiary/aromatic N) is 1. The summed E-state index contributed by atoms with van der Waals surface area (Å²) < 4.78 is 28.0. The van der Waals surface area contributed by atoms with Crippen LogP contribution in [0.5, 0.6) is 0 Å². The van der Waals surface area contributed by atoms with Crippen LogP contribution < -0.4 is 32.0 Å². The molecule has 0 saturated heterocycles. The number of fused-ring (bicyclic) bond motifs is 3. The zero-order valence-electron chi connectivity index (χ0n) is 12.2. The molecule has 0 bridgehead atoms. The Morgan fingerprint density at radius 2 is 1.96 bits per heavy atom. The zero-order valence-corrected chi connectivity index (χ0v) is 14.4. The Hall–Kier alpha value is -2.15. The number of ether oxygens (including phenoxy) is 1. The van der Waals surface area contributed by atoms with Crippen molar-refractivity contribution in [3.63, 3.8) is 0 Å². The van der Waals surface area contributed by atoms with Gasteiger partial charge in [-0.25, -0.2) is 0 Å². The number of hydrogen-bond acceptors (Lipinski definition) is 3. The van der Waals surface area contributed by atoms with Gasteiger partial charge in [0.05, 0.1) is 0 Å². The van der Waals surface area contributed by atoms with Crippen molar-refractivity contribution < 1.29 is 34.7 Å². The van der Waals surface area contributed by atoms with Crippen molar-refractivity contribution in [1.29, 1.82) is 0 Å². The van der Waals surface area contributed by atoms with Gasteiger partial charge in [-0.15, -0.1) is 0 Å². The van der Waals surface area contributed by atoms with Gasteiger partial charge in [0.25, 0.3) is 0 Å². The van der Waals surface area contributed by atoms with Gasteiger partial charge in [-0.05, 0) is 0 Å². The number of methoxy groups -OCH3 is 1. The molecule has 0 radical (unpaired) electrons. The van der Waals surface area contributed by atoms with Gasteiger partial charge in [-0.2, -0.15) is 0 Å². The number of hydrogen-bond donors (Lipinski definition) is 0. The topological polar surface area (TPSA) is 34.7 Å². The average Bonchev–Trinajstić information content (AvgIpc) is 2.82. The Morgan fingerprint density at radius 1 is 1.13 bits per heavy atom. The van der Waals surface area contributed by atoms with Crippen molar-refractivity contribution in [2.24, 2.45) is 4.99 Å². The van der Waals surface area contributed by atoms with Gasteiger partial charge in [0.15, 0.2) is 0 Å². The Labute approximate surface area is 142 Å². The summed E-state index contributed by atoms with van der Waals surface area (Å²) >= 11 is -0.528. The molecule has 1 aromatic heterocycles. The molecule has 4 rings (SSSR count). The van der Waals surface area contributed by atoms with E-state index in [0.717, 1.165) is 15.0 Å². The second-order valence-electron chi connectivity index (χ2n) is 4.98. The van der Waals surface area contributed by atoms with E-state index in [1.54, 1.807) is 13.2 Å². The molecule has 3 nitrogen and oxygen atoms in total. The van der Waals surface area contributed by atoms with Crippen LogP contribution in [-0.4, -0.2) is 7.11 Å². The number of halogens is 2. The standard InChI is InChI=1S/C18H12FINO2/c1-22-18-17-16(13-9-12(19)7-8-15(13)23-17)21-14(10-20-18)11-5-3-2-4-6-11/h2-10H,1H3/q-1. The van der Waals surface area contributed by atoms with Crippen LogP contribution >= 0.6 is 0 Å². The fraction of sp³-hybridized carbons (Fsp3) is 0.0556. The van der Waals surface area contributed by atoms with Crippen LogP contribution in [0, 0.1) is 5.82 Å². The molecule has 0 fully saturated rings. The van der Waals surface area contributed by atoms with E-state index in [-0.39, 0.29) is 5.82 Å². The summed E-state index contributed by atoms with van der Waals surface area (Å²) in [5, 5.41) is 1.31. The van der Waals surface area contributed by atoms with E-state index in [2.05, 4.69) is 4.08 Å². The Morgan fingerprint density at radius 3 is 2.74 bits per heavy atom. The first-order valence-electron chi connectivity index (χ1n) is 7.00. The van der Waals surface area contributed by atoms with Gasteiger partial charge < -0.3 is 0 Å². The molecule has 0 amide bonds. The average molecular weight is 420 g/mol. The maximum atomic E-state index is 13.7. The molecule has 0 atom stereocenters. The summed E-state index contributed by atoms with van der Waals surface area (Å²) in [5.74, 6) is -0.306. The van der Waals surface area contributed by atoms with Crippen molar-refractivity contribution >= 4 is 20.4 Å². The van der Waals surface area contributed by atoms with E-state index in [1.165, 1.54) is 12.1 Å². The third-order valence-corrected chi connectivity index (χ3v) is 5.94. The first kappa shape index (κ1) is 14.4. The van der Waals surface area contributed by atoms with E-state index in [9.17, 15) is 4.39 Å². The molecule has 23 heavy (non-hydrogen) atoms. The quantitative estimate of drug-likeness (QED) is 0.548. The molecule has 0 unspecified atom stereocenters. The Balaban J connectivity index is 2.06. The van der Waals surface area contributed by atoms with Crippen molar-refractivity contribution in [2.75, 3.05) is 7.11 Å². The summed E-state index contributed by atoms with van der Waals surface area (Å²) in [6.45, 7) is 0. The van der Waals surface area contributed by atoms with Gasteiger partial charge in [0, 0.05) is 0 Å². The molecule has 0 aliphatic carbocycles. The normalized spacial score (nSPS) is 14.3. The fourth-order valence-corrected chi connectivity index (χ4v) is 4.45. The fourth-order valence-electron chi connectivity index (χ4n) is 2.47. The Kier molecular flexibility index (Phi) is 3.65. The molecule has 2 aromatic carbocycles. The molecule has 2 heterocycles. The third kappa shape index (κ3) is 2.55. The summed E-state index contributed by atoms with van der Waals surface area (Å²) in [7, 11) is 1.63.